The molecule has 1 aromatic rings. The Bertz CT molecular complexity index is 615. The molecular weight excluding hydrogens is 284 g/mol. The van der Waals surface area contributed by atoms with E-state index in [-0.39, 0.29) is 5.57 Å². The molecule has 1 atom stereocenters. The Morgan fingerprint density at radius 2 is 1.91 bits per heavy atom. The molecule has 7 nitrogen and oxygen atoms in total. The third kappa shape index (κ3) is 4.83. The number of carboxylic acids is 1. The lowest BCUT2D eigenvalue weighted by Crippen LogP contribution is -2.39. The average Bonchev–Trinajstić information content (AvgIpc) is 2.48. The third-order valence-electron chi connectivity index (χ3n) is 2.85. The number of anilines is 2. The van der Waals surface area contributed by atoms with E-state index in [0.717, 1.165) is 5.69 Å². The first-order chi connectivity index (χ1) is 10.3. The molecule has 0 spiro atoms. The van der Waals surface area contributed by atoms with E-state index in [9.17, 15) is 9.59 Å². The molecule has 1 unspecified atom stereocenters. The van der Waals surface area contributed by atoms with Gasteiger partial charge in [-0.15, -0.1) is 0 Å². The standard InChI is InChI=1S/C15H18N4O3/c1-10(15(21)22)18-14(20)11(8-16)9-17-12-4-6-13(7-5-12)19(2)3/h4-7,9-10,17H,1-3H3,(H,18,20)(H,21,22)/b11-9-. The molecule has 0 aliphatic rings. The van der Waals surface area contributed by atoms with Crippen LogP contribution in [0, 0.1) is 11.3 Å². The molecule has 0 saturated carbocycles. The lowest BCUT2D eigenvalue weighted by Gasteiger charge is -2.12. The van der Waals surface area contributed by atoms with Gasteiger partial charge in [0, 0.05) is 31.7 Å². The zero-order valence-electron chi connectivity index (χ0n) is 12.6. The second-order valence-corrected chi connectivity index (χ2v) is 4.79. The van der Waals surface area contributed by atoms with Crippen LogP contribution in [0.5, 0.6) is 0 Å². The van der Waals surface area contributed by atoms with Crippen molar-refractivity contribution in [2.45, 2.75) is 13.0 Å². The van der Waals surface area contributed by atoms with Gasteiger partial charge in [0.25, 0.3) is 5.91 Å². The van der Waals surface area contributed by atoms with Crippen molar-refractivity contribution in [3.63, 3.8) is 0 Å². The number of nitrogens with one attached hydrogen (secondary N) is 2. The molecule has 0 aliphatic carbocycles. The van der Waals surface area contributed by atoms with Crippen molar-refractivity contribution in [3.05, 3.63) is 36.0 Å². The van der Waals surface area contributed by atoms with Gasteiger partial charge in [-0.1, -0.05) is 0 Å². The minimum absolute atomic E-state index is 0.204. The van der Waals surface area contributed by atoms with Crippen molar-refractivity contribution in [1.29, 1.82) is 5.26 Å². The van der Waals surface area contributed by atoms with E-state index in [1.54, 1.807) is 18.2 Å². The molecule has 0 radical (unpaired) electrons. The van der Waals surface area contributed by atoms with Crippen LogP contribution in [0.25, 0.3) is 0 Å². The molecular formula is C15H18N4O3. The Hall–Kier alpha value is -3.01. The topological polar surface area (TPSA) is 105 Å². The van der Waals surface area contributed by atoms with Crippen molar-refractivity contribution >= 4 is 23.3 Å². The number of carboxylic acid groups (broad SMARTS) is 1. The molecule has 0 aliphatic heterocycles. The van der Waals surface area contributed by atoms with Crippen LogP contribution in [0.2, 0.25) is 0 Å². The molecule has 7 heteroatoms. The summed E-state index contributed by atoms with van der Waals surface area (Å²) in [5.41, 5.74) is 1.52. The Labute approximate surface area is 128 Å². The maximum Gasteiger partial charge on any atom is 0.325 e. The van der Waals surface area contributed by atoms with Crippen LogP contribution in [0.4, 0.5) is 11.4 Å². The Morgan fingerprint density at radius 1 is 1.32 bits per heavy atom. The van der Waals surface area contributed by atoms with Crippen molar-refractivity contribution in [2.24, 2.45) is 0 Å². The van der Waals surface area contributed by atoms with Crippen molar-refractivity contribution < 1.29 is 14.7 Å². The van der Waals surface area contributed by atoms with Crippen molar-refractivity contribution in [1.82, 2.24) is 5.32 Å². The van der Waals surface area contributed by atoms with Gasteiger partial charge in [-0.3, -0.25) is 9.59 Å². The predicted molar refractivity (Wildman–Crippen MR) is 83.3 cm³/mol. The average molecular weight is 302 g/mol. The zero-order chi connectivity index (χ0) is 16.7. The maximum atomic E-state index is 11.7. The highest BCUT2D eigenvalue weighted by atomic mass is 16.4. The molecule has 0 saturated heterocycles. The van der Waals surface area contributed by atoms with Crippen LogP contribution in [0.3, 0.4) is 0 Å². The predicted octanol–water partition coefficient (Wildman–Crippen LogP) is 1.16. The van der Waals surface area contributed by atoms with Gasteiger partial charge in [-0.25, -0.2) is 0 Å². The summed E-state index contributed by atoms with van der Waals surface area (Å²) in [5, 5.41) is 22.7. The largest absolute Gasteiger partial charge is 0.480 e. The highest BCUT2D eigenvalue weighted by Crippen LogP contribution is 2.15. The summed E-state index contributed by atoms with van der Waals surface area (Å²) in [5.74, 6) is -1.91. The number of amides is 1. The molecule has 116 valence electrons. The summed E-state index contributed by atoms with van der Waals surface area (Å²) in [4.78, 5) is 24.4. The number of hydrogen-bond acceptors (Lipinski definition) is 5. The summed E-state index contributed by atoms with van der Waals surface area (Å²) in [6.45, 7) is 1.32. The van der Waals surface area contributed by atoms with Gasteiger partial charge in [-0.2, -0.15) is 5.26 Å². The maximum absolute atomic E-state index is 11.7. The molecule has 0 heterocycles. The Kier molecular flexibility index (Phi) is 5.96. The summed E-state index contributed by atoms with van der Waals surface area (Å²) >= 11 is 0. The third-order valence-corrected chi connectivity index (χ3v) is 2.85. The van der Waals surface area contributed by atoms with E-state index in [0.29, 0.717) is 5.69 Å². The number of carbonyl (C=O) groups excluding carboxylic acids is 1. The highest BCUT2D eigenvalue weighted by Gasteiger charge is 2.16. The van der Waals surface area contributed by atoms with E-state index in [1.807, 2.05) is 31.1 Å². The van der Waals surface area contributed by atoms with Gasteiger partial charge in [-0.05, 0) is 31.2 Å². The lowest BCUT2D eigenvalue weighted by atomic mass is 10.2. The monoisotopic (exact) mass is 302 g/mol. The number of nitriles is 1. The normalized spacial score (nSPS) is 12.0. The molecule has 0 bridgehead atoms. The number of carbonyl (C=O) groups is 2. The van der Waals surface area contributed by atoms with Gasteiger partial charge in [0.2, 0.25) is 0 Å². The van der Waals surface area contributed by atoms with Crippen LogP contribution in [-0.4, -0.2) is 37.1 Å². The fourth-order valence-electron chi connectivity index (χ4n) is 1.50. The second-order valence-electron chi connectivity index (χ2n) is 4.79. The highest BCUT2D eigenvalue weighted by molar-refractivity contribution is 5.99. The molecule has 3 N–H and O–H groups in total. The molecule has 1 rings (SSSR count). The van der Waals surface area contributed by atoms with Crippen molar-refractivity contribution in [2.75, 3.05) is 24.3 Å². The van der Waals surface area contributed by atoms with E-state index in [4.69, 9.17) is 10.4 Å². The SMILES string of the molecule is CC(NC(=O)/C(C#N)=C\Nc1ccc(N(C)C)cc1)C(=O)O. The number of benzene rings is 1. The van der Waals surface area contributed by atoms with Crippen LogP contribution in [0.1, 0.15) is 6.92 Å². The quantitative estimate of drug-likeness (QED) is 0.538. The van der Waals surface area contributed by atoms with Gasteiger partial charge in [0.05, 0.1) is 0 Å². The number of aliphatic carboxylic acids is 1. The molecule has 0 aromatic heterocycles. The van der Waals surface area contributed by atoms with Crippen LogP contribution >= 0.6 is 0 Å². The summed E-state index contributed by atoms with van der Waals surface area (Å²) < 4.78 is 0. The van der Waals surface area contributed by atoms with Gasteiger partial charge in [0.1, 0.15) is 17.7 Å². The van der Waals surface area contributed by atoms with Gasteiger partial charge >= 0.3 is 5.97 Å². The summed E-state index contributed by atoms with van der Waals surface area (Å²) in [6.07, 6.45) is 1.24. The number of hydrogen-bond donors (Lipinski definition) is 3. The zero-order valence-corrected chi connectivity index (χ0v) is 12.6. The molecule has 0 fully saturated rings. The molecule has 22 heavy (non-hydrogen) atoms. The number of rotatable bonds is 6. The first kappa shape index (κ1) is 17.0. The van der Waals surface area contributed by atoms with E-state index in [2.05, 4.69) is 10.6 Å². The fourth-order valence-corrected chi connectivity index (χ4v) is 1.50. The minimum atomic E-state index is -1.17. The second kappa shape index (κ2) is 7.69. The van der Waals surface area contributed by atoms with Crippen molar-refractivity contribution in [3.8, 4) is 6.07 Å². The van der Waals surface area contributed by atoms with E-state index < -0.39 is 17.9 Å². The molecule has 1 aromatic carbocycles. The Balaban J connectivity index is 2.75. The minimum Gasteiger partial charge on any atom is -0.480 e. The smallest absolute Gasteiger partial charge is 0.325 e. The van der Waals surface area contributed by atoms with Gasteiger partial charge < -0.3 is 20.6 Å². The summed E-state index contributed by atoms with van der Waals surface area (Å²) in [7, 11) is 3.84. The Morgan fingerprint density at radius 3 is 2.36 bits per heavy atom. The first-order valence-electron chi connectivity index (χ1n) is 6.53. The van der Waals surface area contributed by atoms with Gasteiger partial charge in [0.15, 0.2) is 0 Å². The fraction of sp³-hybridized carbons (Fsp3) is 0.267. The van der Waals surface area contributed by atoms with Crippen LogP contribution < -0.4 is 15.5 Å². The summed E-state index contributed by atoms with van der Waals surface area (Å²) in [6, 6.07) is 8.04. The number of nitrogens with zero attached hydrogens (tertiary/aromatic N) is 2. The lowest BCUT2D eigenvalue weighted by molar-refractivity contribution is -0.140. The van der Waals surface area contributed by atoms with E-state index >= 15 is 0 Å². The van der Waals surface area contributed by atoms with Crippen LogP contribution in [0.15, 0.2) is 36.0 Å². The van der Waals surface area contributed by atoms with Crippen LogP contribution in [-0.2, 0) is 9.59 Å². The molecule has 1 amide bonds. The first-order valence-corrected chi connectivity index (χ1v) is 6.53. The van der Waals surface area contributed by atoms with E-state index in [1.165, 1.54) is 13.1 Å².